The Morgan fingerprint density at radius 3 is 2.74 bits per heavy atom. The van der Waals surface area contributed by atoms with Crippen molar-refractivity contribution < 1.29 is 9.47 Å². The predicted octanol–water partition coefficient (Wildman–Crippen LogP) is 2.52. The standard InChI is InChI=1S/C15H24N2O2/c1-11-5-4-6-17(9-11)10-12-7-13(16)15(19-3)14(8-12)18-2/h7-8,11H,4-6,9-10,16H2,1-3H3. The van der Waals surface area contributed by atoms with E-state index in [0.717, 1.165) is 19.0 Å². The number of hydrogen-bond donors (Lipinski definition) is 1. The van der Waals surface area contributed by atoms with E-state index in [9.17, 15) is 0 Å². The van der Waals surface area contributed by atoms with E-state index in [1.807, 2.05) is 12.1 Å². The predicted molar refractivity (Wildman–Crippen MR) is 77.6 cm³/mol. The third-order valence-electron chi connectivity index (χ3n) is 3.71. The molecule has 1 aromatic rings. The molecular formula is C15H24N2O2. The van der Waals surface area contributed by atoms with Crippen molar-refractivity contribution >= 4 is 5.69 Å². The Labute approximate surface area is 115 Å². The lowest BCUT2D eigenvalue weighted by atomic mass is 9.99. The first-order valence-corrected chi connectivity index (χ1v) is 6.86. The van der Waals surface area contributed by atoms with E-state index < -0.39 is 0 Å². The SMILES string of the molecule is COc1cc(CN2CCCC(C)C2)cc(N)c1OC. The van der Waals surface area contributed by atoms with Gasteiger partial charge in [0.05, 0.1) is 19.9 Å². The molecule has 19 heavy (non-hydrogen) atoms. The minimum absolute atomic E-state index is 0.623. The van der Waals surface area contributed by atoms with Gasteiger partial charge < -0.3 is 15.2 Å². The van der Waals surface area contributed by atoms with Gasteiger partial charge in [-0.15, -0.1) is 0 Å². The van der Waals surface area contributed by atoms with E-state index in [-0.39, 0.29) is 0 Å². The molecule has 4 heteroatoms. The minimum Gasteiger partial charge on any atom is -0.493 e. The van der Waals surface area contributed by atoms with Gasteiger partial charge in [-0.25, -0.2) is 0 Å². The Balaban J connectivity index is 2.14. The fourth-order valence-electron chi connectivity index (χ4n) is 2.83. The average molecular weight is 264 g/mol. The van der Waals surface area contributed by atoms with Gasteiger partial charge in [-0.1, -0.05) is 6.92 Å². The van der Waals surface area contributed by atoms with Gasteiger partial charge in [0.1, 0.15) is 0 Å². The Bertz CT molecular complexity index is 434. The van der Waals surface area contributed by atoms with Crippen LogP contribution < -0.4 is 15.2 Å². The summed E-state index contributed by atoms with van der Waals surface area (Å²) in [4.78, 5) is 2.48. The number of hydrogen-bond acceptors (Lipinski definition) is 4. The first kappa shape index (κ1) is 14.0. The van der Waals surface area contributed by atoms with Gasteiger partial charge >= 0.3 is 0 Å². The zero-order chi connectivity index (χ0) is 13.8. The Morgan fingerprint density at radius 2 is 2.11 bits per heavy atom. The number of nitrogens with two attached hydrogens (primary N) is 1. The van der Waals surface area contributed by atoms with Crippen LogP contribution in [0.5, 0.6) is 11.5 Å². The molecule has 0 spiro atoms. The third kappa shape index (κ3) is 3.32. The number of piperidine rings is 1. The van der Waals surface area contributed by atoms with Gasteiger partial charge in [-0.05, 0) is 43.0 Å². The zero-order valence-corrected chi connectivity index (χ0v) is 12.1. The second-order valence-corrected chi connectivity index (χ2v) is 5.40. The number of benzene rings is 1. The summed E-state index contributed by atoms with van der Waals surface area (Å²) < 4.78 is 10.6. The summed E-state index contributed by atoms with van der Waals surface area (Å²) >= 11 is 0. The van der Waals surface area contributed by atoms with E-state index >= 15 is 0 Å². The van der Waals surface area contributed by atoms with Crippen LogP contribution in [-0.4, -0.2) is 32.2 Å². The summed E-state index contributed by atoms with van der Waals surface area (Å²) in [5, 5.41) is 0. The Hall–Kier alpha value is -1.42. The van der Waals surface area contributed by atoms with E-state index in [1.54, 1.807) is 14.2 Å². The lowest BCUT2D eigenvalue weighted by molar-refractivity contribution is 0.176. The second kappa shape index (κ2) is 6.15. The minimum atomic E-state index is 0.623. The van der Waals surface area contributed by atoms with Gasteiger partial charge in [0.15, 0.2) is 11.5 Å². The Morgan fingerprint density at radius 1 is 1.32 bits per heavy atom. The lowest BCUT2D eigenvalue weighted by Crippen LogP contribution is -2.33. The van der Waals surface area contributed by atoms with Crippen molar-refractivity contribution in [2.75, 3.05) is 33.0 Å². The monoisotopic (exact) mass is 264 g/mol. The van der Waals surface area contributed by atoms with E-state index in [4.69, 9.17) is 15.2 Å². The van der Waals surface area contributed by atoms with Crippen LogP contribution in [0.15, 0.2) is 12.1 Å². The summed E-state index contributed by atoms with van der Waals surface area (Å²) in [6, 6.07) is 4.01. The third-order valence-corrected chi connectivity index (χ3v) is 3.71. The van der Waals surface area contributed by atoms with Crippen LogP contribution >= 0.6 is 0 Å². The van der Waals surface area contributed by atoms with Gasteiger partial charge in [0.2, 0.25) is 0 Å². The molecule has 1 aliphatic rings. The largest absolute Gasteiger partial charge is 0.493 e. The van der Waals surface area contributed by atoms with Gasteiger partial charge in [-0.3, -0.25) is 4.90 Å². The van der Waals surface area contributed by atoms with Crippen LogP contribution in [0.4, 0.5) is 5.69 Å². The van der Waals surface area contributed by atoms with Crippen LogP contribution in [0.3, 0.4) is 0 Å². The molecule has 1 atom stereocenters. The van der Waals surface area contributed by atoms with E-state index in [1.165, 1.54) is 24.9 Å². The second-order valence-electron chi connectivity index (χ2n) is 5.40. The summed E-state index contributed by atoms with van der Waals surface area (Å²) in [5.41, 5.74) is 7.84. The fourth-order valence-corrected chi connectivity index (χ4v) is 2.83. The number of rotatable bonds is 4. The normalized spacial score (nSPS) is 20.3. The molecule has 2 rings (SSSR count). The molecule has 0 bridgehead atoms. The zero-order valence-electron chi connectivity index (χ0n) is 12.1. The summed E-state index contributed by atoms with van der Waals surface area (Å²) in [6.07, 6.45) is 2.62. The van der Waals surface area contributed by atoms with E-state index in [2.05, 4.69) is 11.8 Å². The number of ether oxygens (including phenoxy) is 2. The van der Waals surface area contributed by atoms with Crippen molar-refractivity contribution in [3.05, 3.63) is 17.7 Å². The molecule has 1 unspecified atom stereocenters. The first-order valence-electron chi connectivity index (χ1n) is 6.86. The number of nitrogens with zero attached hydrogens (tertiary/aromatic N) is 1. The van der Waals surface area contributed by atoms with Gasteiger partial charge in [0, 0.05) is 13.1 Å². The van der Waals surface area contributed by atoms with Gasteiger partial charge in [-0.2, -0.15) is 0 Å². The highest BCUT2D eigenvalue weighted by molar-refractivity contribution is 5.62. The molecule has 0 radical (unpaired) electrons. The van der Waals surface area contributed by atoms with Crippen molar-refractivity contribution in [2.45, 2.75) is 26.3 Å². The lowest BCUT2D eigenvalue weighted by Gasteiger charge is -2.31. The fraction of sp³-hybridized carbons (Fsp3) is 0.600. The molecule has 0 aliphatic carbocycles. The topological polar surface area (TPSA) is 47.7 Å². The molecule has 1 aliphatic heterocycles. The van der Waals surface area contributed by atoms with Crippen LogP contribution in [0, 0.1) is 5.92 Å². The van der Waals surface area contributed by atoms with Crippen LogP contribution in [-0.2, 0) is 6.54 Å². The highest BCUT2D eigenvalue weighted by Gasteiger charge is 2.17. The van der Waals surface area contributed by atoms with Crippen molar-refractivity contribution in [3.8, 4) is 11.5 Å². The molecule has 1 saturated heterocycles. The average Bonchev–Trinajstić information content (AvgIpc) is 2.38. The molecule has 0 aromatic heterocycles. The maximum absolute atomic E-state index is 6.02. The van der Waals surface area contributed by atoms with Gasteiger partial charge in [0.25, 0.3) is 0 Å². The highest BCUT2D eigenvalue weighted by atomic mass is 16.5. The molecular weight excluding hydrogens is 240 g/mol. The number of likely N-dealkylation sites (tertiary alicyclic amines) is 1. The molecule has 2 N–H and O–H groups in total. The quantitative estimate of drug-likeness (QED) is 0.849. The summed E-state index contributed by atoms with van der Waals surface area (Å²) in [5.74, 6) is 2.12. The summed E-state index contributed by atoms with van der Waals surface area (Å²) in [7, 11) is 3.25. The van der Waals surface area contributed by atoms with E-state index in [0.29, 0.717) is 17.2 Å². The van der Waals surface area contributed by atoms with Crippen molar-refractivity contribution in [1.82, 2.24) is 4.90 Å². The van der Waals surface area contributed by atoms with Crippen LogP contribution in [0.2, 0.25) is 0 Å². The molecule has 0 amide bonds. The smallest absolute Gasteiger partial charge is 0.183 e. The summed E-state index contributed by atoms with van der Waals surface area (Å²) in [6.45, 7) is 5.57. The maximum Gasteiger partial charge on any atom is 0.183 e. The Kier molecular flexibility index (Phi) is 4.53. The van der Waals surface area contributed by atoms with Crippen molar-refractivity contribution in [3.63, 3.8) is 0 Å². The van der Waals surface area contributed by atoms with Crippen molar-refractivity contribution in [2.24, 2.45) is 5.92 Å². The molecule has 106 valence electrons. The molecule has 1 fully saturated rings. The molecule has 0 saturated carbocycles. The molecule has 4 nitrogen and oxygen atoms in total. The number of anilines is 1. The molecule has 1 heterocycles. The highest BCUT2D eigenvalue weighted by Crippen LogP contribution is 2.35. The van der Waals surface area contributed by atoms with Crippen LogP contribution in [0.25, 0.3) is 0 Å². The van der Waals surface area contributed by atoms with Crippen molar-refractivity contribution in [1.29, 1.82) is 0 Å². The maximum atomic E-state index is 6.02. The van der Waals surface area contributed by atoms with Crippen LogP contribution in [0.1, 0.15) is 25.3 Å². The number of methoxy groups -OCH3 is 2. The molecule has 1 aromatic carbocycles. The number of nitrogen functional groups attached to an aromatic ring is 1. The first-order chi connectivity index (χ1) is 9.13.